The van der Waals surface area contributed by atoms with Crippen molar-refractivity contribution < 1.29 is 4.42 Å². The smallest absolute Gasteiger partial charge is 0.167 e. The van der Waals surface area contributed by atoms with Crippen molar-refractivity contribution in [3.63, 3.8) is 0 Å². The van der Waals surface area contributed by atoms with Gasteiger partial charge in [-0.2, -0.15) is 0 Å². The number of hydrogen-bond acceptors (Lipinski definition) is 4. The summed E-state index contributed by atoms with van der Waals surface area (Å²) in [6.07, 6.45) is 0. The van der Waals surface area contributed by atoms with Crippen LogP contribution in [0.3, 0.4) is 0 Å². The molecule has 49 heavy (non-hydrogen) atoms. The zero-order chi connectivity index (χ0) is 32.3. The Morgan fingerprint density at radius 1 is 0.327 bits per heavy atom. The number of benzene rings is 8. The van der Waals surface area contributed by atoms with E-state index < -0.39 is 0 Å². The monoisotopic (exact) mass is 625 g/mol. The van der Waals surface area contributed by atoms with Gasteiger partial charge in [0.25, 0.3) is 0 Å². The molecule has 0 bridgehead atoms. The SMILES string of the molecule is c1ccc2cc(-c3ccc4ccc(-c5nc(-c6ccc7ccccc7c6)nc(-c6cccc7c6oc6ccccc67)n5)cc4c3)ccc2c1. The van der Waals surface area contributed by atoms with Gasteiger partial charge in [-0.1, -0.05) is 127 Å². The molecule has 0 N–H and O–H groups in total. The standard InChI is InChI=1S/C45H27N3O/c1-3-10-31-24-33(20-16-28(31)8-1)34-21-17-30-19-23-36(27-37(30)26-34)44-46-43(35-22-18-29-9-2-4-11-32(29)25-35)47-45(48-44)40-14-7-13-39-38-12-5-6-15-41(38)49-42(39)40/h1-27H. The van der Waals surface area contributed by atoms with Crippen LogP contribution in [0, 0.1) is 0 Å². The van der Waals surface area contributed by atoms with Crippen molar-refractivity contribution in [3.05, 3.63) is 164 Å². The number of nitrogens with zero attached hydrogens (tertiary/aromatic N) is 3. The Hall–Kier alpha value is -6.65. The van der Waals surface area contributed by atoms with Crippen molar-refractivity contribution in [1.82, 2.24) is 15.0 Å². The molecule has 0 aliphatic rings. The maximum Gasteiger partial charge on any atom is 0.167 e. The van der Waals surface area contributed by atoms with Crippen LogP contribution in [-0.4, -0.2) is 15.0 Å². The van der Waals surface area contributed by atoms with Crippen LogP contribution in [0.5, 0.6) is 0 Å². The lowest BCUT2D eigenvalue weighted by atomic mass is 9.98. The summed E-state index contributed by atoms with van der Waals surface area (Å²) >= 11 is 0. The largest absolute Gasteiger partial charge is 0.455 e. The van der Waals surface area contributed by atoms with Crippen LogP contribution in [0.2, 0.25) is 0 Å². The highest BCUT2D eigenvalue weighted by Gasteiger charge is 2.18. The molecule has 228 valence electrons. The first kappa shape index (κ1) is 27.5. The molecule has 2 heterocycles. The van der Waals surface area contributed by atoms with Crippen molar-refractivity contribution in [3.8, 4) is 45.3 Å². The van der Waals surface area contributed by atoms with Crippen molar-refractivity contribution in [1.29, 1.82) is 0 Å². The minimum Gasteiger partial charge on any atom is -0.455 e. The van der Waals surface area contributed by atoms with Gasteiger partial charge in [-0.05, 0) is 79.8 Å². The highest BCUT2D eigenvalue weighted by molar-refractivity contribution is 6.09. The summed E-state index contributed by atoms with van der Waals surface area (Å²) in [7, 11) is 0. The van der Waals surface area contributed by atoms with E-state index in [-0.39, 0.29) is 0 Å². The van der Waals surface area contributed by atoms with Gasteiger partial charge >= 0.3 is 0 Å². The fourth-order valence-electron chi connectivity index (χ4n) is 6.94. The van der Waals surface area contributed by atoms with Crippen molar-refractivity contribution >= 4 is 54.3 Å². The summed E-state index contributed by atoms with van der Waals surface area (Å²) in [5, 5.41) is 9.16. The molecule has 0 fully saturated rings. The Labute approximate surface area is 282 Å². The van der Waals surface area contributed by atoms with E-state index in [9.17, 15) is 0 Å². The van der Waals surface area contributed by atoms with Gasteiger partial charge in [0.15, 0.2) is 17.5 Å². The molecule has 0 amide bonds. The van der Waals surface area contributed by atoms with Gasteiger partial charge in [-0.3, -0.25) is 0 Å². The van der Waals surface area contributed by atoms with Crippen LogP contribution in [-0.2, 0) is 0 Å². The van der Waals surface area contributed by atoms with Crippen LogP contribution in [0.4, 0.5) is 0 Å². The van der Waals surface area contributed by atoms with Crippen LogP contribution in [0.1, 0.15) is 0 Å². The number of hydrogen-bond donors (Lipinski definition) is 0. The predicted octanol–water partition coefficient (Wildman–Crippen LogP) is 11.9. The summed E-state index contributed by atoms with van der Waals surface area (Å²) in [5.41, 5.74) is 6.64. The van der Waals surface area contributed by atoms with E-state index in [2.05, 4.69) is 133 Å². The molecule has 4 nitrogen and oxygen atoms in total. The molecule has 0 saturated carbocycles. The molecule has 8 aromatic carbocycles. The normalized spacial score (nSPS) is 11.7. The van der Waals surface area contributed by atoms with E-state index in [0.717, 1.165) is 54.8 Å². The Balaban J connectivity index is 1.16. The minimum atomic E-state index is 0.572. The third kappa shape index (κ3) is 4.73. The fraction of sp³-hybridized carbons (Fsp3) is 0. The number of aromatic nitrogens is 3. The van der Waals surface area contributed by atoms with Crippen molar-refractivity contribution in [2.75, 3.05) is 0 Å². The molecule has 0 saturated heterocycles. The molecule has 10 rings (SSSR count). The summed E-state index contributed by atoms with van der Waals surface area (Å²) in [4.78, 5) is 15.3. The fourth-order valence-corrected chi connectivity index (χ4v) is 6.94. The van der Waals surface area contributed by atoms with E-state index in [1.807, 2.05) is 30.3 Å². The van der Waals surface area contributed by atoms with Crippen LogP contribution in [0.15, 0.2) is 168 Å². The maximum atomic E-state index is 6.43. The van der Waals surface area contributed by atoms with E-state index in [4.69, 9.17) is 19.4 Å². The molecule has 0 spiro atoms. The lowest BCUT2D eigenvalue weighted by molar-refractivity contribution is 0.669. The Morgan fingerprint density at radius 2 is 0.796 bits per heavy atom. The second-order valence-electron chi connectivity index (χ2n) is 12.5. The highest BCUT2D eigenvalue weighted by atomic mass is 16.3. The molecule has 0 atom stereocenters. The first-order chi connectivity index (χ1) is 24.2. The third-order valence-electron chi connectivity index (χ3n) is 9.47. The third-order valence-corrected chi connectivity index (χ3v) is 9.47. The van der Waals surface area contributed by atoms with Gasteiger partial charge in [-0.25, -0.2) is 15.0 Å². The number of fused-ring (bicyclic) bond motifs is 6. The molecule has 0 radical (unpaired) electrons. The Morgan fingerprint density at radius 3 is 1.47 bits per heavy atom. The van der Waals surface area contributed by atoms with E-state index in [1.165, 1.54) is 27.3 Å². The minimum absolute atomic E-state index is 0.572. The van der Waals surface area contributed by atoms with Gasteiger partial charge in [0.2, 0.25) is 0 Å². The Bertz CT molecular complexity index is 2900. The van der Waals surface area contributed by atoms with Gasteiger partial charge in [0, 0.05) is 21.9 Å². The van der Waals surface area contributed by atoms with Crippen molar-refractivity contribution in [2.45, 2.75) is 0 Å². The number of rotatable bonds is 4. The Kier molecular flexibility index (Phi) is 6.15. The second-order valence-corrected chi connectivity index (χ2v) is 12.5. The van der Waals surface area contributed by atoms with E-state index in [1.54, 1.807) is 0 Å². The molecule has 10 aromatic rings. The van der Waals surface area contributed by atoms with Crippen LogP contribution >= 0.6 is 0 Å². The summed E-state index contributed by atoms with van der Waals surface area (Å²) in [6.45, 7) is 0. The van der Waals surface area contributed by atoms with Crippen molar-refractivity contribution in [2.24, 2.45) is 0 Å². The average molecular weight is 626 g/mol. The molecule has 0 aliphatic carbocycles. The first-order valence-corrected chi connectivity index (χ1v) is 16.4. The lowest BCUT2D eigenvalue weighted by Gasteiger charge is -2.11. The average Bonchev–Trinajstić information content (AvgIpc) is 3.56. The highest BCUT2D eigenvalue weighted by Crippen LogP contribution is 2.36. The topological polar surface area (TPSA) is 51.8 Å². The van der Waals surface area contributed by atoms with Gasteiger partial charge in [0.05, 0.1) is 5.56 Å². The zero-order valence-corrected chi connectivity index (χ0v) is 26.3. The summed E-state index contributed by atoms with van der Waals surface area (Å²) in [5.74, 6) is 1.80. The van der Waals surface area contributed by atoms with E-state index in [0.29, 0.717) is 17.5 Å². The molecular formula is C45H27N3O. The first-order valence-electron chi connectivity index (χ1n) is 16.4. The molecular weight excluding hydrogens is 599 g/mol. The summed E-state index contributed by atoms with van der Waals surface area (Å²) in [6, 6.07) is 57.2. The maximum absolute atomic E-state index is 6.43. The van der Waals surface area contributed by atoms with Gasteiger partial charge < -0.3 is 4.42 Å². The molecule has 0 unspecified atom stereocenters. The van der Waals surface area contributed by atoms with E-state index >= 15 is 0 Å². The van der Waals surface area contributed by atoms with Crippen LogP contribution in [0.25, 0.3) is 99.5 Å². The number of furan rings is 1. The zero-order valence-electron chi connectivity index (χ0n) is 26.3. The number of para-hydroxylation sites is 2. The predicted molar refractivity (Wildman–Crippen MR) is 201 cm³/mol. The molecule has 4 heteroatoms. The summed E-state index contributed by atoms with van der Waals surface area (Å²) < 4.78 is 6.43. The van der Waals surface area contributed by atoms with Crippen LogP contribution < -0.4 is 0 Å². The second kappa shape index (κ2) is 11.0. The lowest BCUT2D eigenvalue weighted by Crippen LogP contribution is -2.00. The van der Waals surface area contributed by atoms with Gasteiger partial charge in [0.1, 0.15) is 11.2 Å². The van der Waals surface area contributed by atoms with Gasteiger partial charge in [-0.15, -0.1) is 0 Å². The molecule has 2 aromatic heterocycles. The molecule has 0 aliphatic heterocycles. The quantitative estimate of drug-likeness (QED) is 0.195.